The van der Waals surface area contributed by atoms with Gasteiger partial charge in [-0.2, -0.15) is 0 Å². The van der Waals surface area contributed by atoms with E-state index in [1.54, 1.807) is 38.0 Å². The number of anilines is 2. The molecule has 1 saturated heterocycles. The van der Waals surface area contributed by atoms with Crippen LogP contribution in [0.3, 0.4) is 0 Å². The smallest absolute Gasteiger partial charge is 0.363 e. The van der Waals surface area contributed by atoms with Crippen LogP contribution >= 0.6 is 0 Å². The molecule has 0 bridgehead atoms. The Bertz CT molecular complexity index is 1310. The summed E-state index contributed by atoms with van der Waals surface area (Å²) in [5.74, 6) is 0.140. The van der Waals surface area contributed by atoms with Gasteiger partial charge in [0.2, 0.25) is 0 Å². The number of amides is 1. The van der Waals surface area contributed by atoms with Crippen LogP contribution in [0, 0.1) is 0 Å². The molecule has 3 aromatic heterocycles. The molecule has 5 rings (SSSR count). The molecule has 1 aliphatic rings. The van der Waals surface area contributed by atoms with Crippen molar-refractivity contribution in [3.05, 3.63) is 72.9 Å². The lowest BCUT2D eigenvalue weighted by molar-refractivity contribution is 0.102. The van der Waals surface area contributed by atoms with Crippen molar-refractivity contribution in [1.82, 2.24) is 24.7 Å². The number of rotatable bonds is 6. The zero-order valence-corrected chi connectivity index (χ0v) is 18.9. The van der Waals surface area contributed by atoms with E-state index >= 15 is 0 Å². The second-order valence-corrected chi connectivity index (χ2v) is 8.02. The third-order valence-electron chi connectivity index (χ3n) is 5.83. The fourth-order valence-electron chi connectivity index (χ4n) is 4.15. The van der Waals surface area contributed by atoms with Gasteiger partial charge >= 0.3 is 7.62 Å². The molecule has 10 heteroatoms. The van der Waals surface area contributed by atoms with Crippen molar-refractivity contribution in [1.29, 1.82) is 0 Å². The Morgan fingerprint density at radius 1 is 1.00 bits per heavy atom. The zero-order valence-electron chi connectivity index (χ0n) is 18.9. The van der Waals surface area contributed by atoms with E-state index in [1.165, 1.54) is 0 Å². The van der Waals surface area contributed by atoms with Gasteiger partial charge in [-0.3, -0.25) is 14.8 Å². The lowest BCUT2D eigenvalue weighted by Gasteiger charge is -2.36. The van der Waals surface area contributed by atoms with Gasteiger partial charge in [0.25, 0.3) is 5.91 Å². The number of piperazine rings is 1. The molecule has 1 aliphatic heterocycles. The maximum absolute atomic E-state index is 13.1. The Labute approximate surface area is 198 Å². The van der Waals surface area contributed by atoms with Gasteiger partial charge in [0, 0.05) is 62.8 Å². The molecule has 4 heterocycles. The van der Waals surface area contributed by atoms with Crippen molar-refractivity contribution in [2.24, 2.45) is 0 Å². The highest BCUT2D eigenvalue weighted by Crippen LogP contribution is 2.27. The number of carbonyl (C=O) groups excluding carboxylic acids is 1. The first-order valence-electron chi connectivity index (χ1n) is 11.1. The van der Waals surface area contributed by atoms with E-state index in [-0.39, 0.29) is 11.6 Å². The van der Waals surface area contributed by atoms with Gasteiger partial charge < -0.3 is 19.7 Å². The maximum atomic E-state index is 13.1. The number of hydrogen-bond donors (Lipinski definition) is 1. The monoisotopic (exact) mass is 453 g/mol. The van der Waals surface area contributed by atoms with Crippen LogP contribution in [0.1, 0.15) is 10.5 Å². The summed E-state index contributed by atoms with van der Waals surface area (Å²) in [4.78, 5) is 35.3. The number of benzene rings is 1. The van der Waals surface area contributed by atoms with Gasteiger partial charge in [-0.25, -0.2) is 9.97 Å². The minimum atomic E-state index is -0.316. The summed E-state index contributed by atoms with van der Waals surface area (Å²) >= 11 is 0. The zero-order chi connectivity index (χ0) is 23.3. The van der Waals surface area contributed by atoms with Crippen LogP contribution in [0.2, 0.25) is 0 Å². The van der Waals surface area contributed by atoms with Crippen molar-refractivity contribution < 1.29 is 9.45 Å². The summed E-state index contributed by atoms with van der Waals surface area (Å²) in [7, 11) is 2.33. The van der Waals surface area contributed by atoms with Crippen LogP contribution in [-0.2, 0) is 4.65 Å². The predicted molar refractivity (Wildman–Crippen MR) is 133 cm³/mol. The van der Waals surface area contributed by atoms with Crippen molar-refractivity contribution in [2.75, 3.05) is 43.5 Å². The molecule has 0 radical (unpaired) electrons. The molecular weight excluding hydrogens is 429 g/mol. The summed E-state index contributed by atoms with van der Waals surface area (Å²) in [5.41, 5.74) is 3.44. The average Bonchev–Trinajstić information content (AvgIpc) is 2.89. The van der Waals surface area contributed by atoms with Gasteiger partial charge in [-0.15, -0.1) is 0 Å². The standard InChI is InChI=1S/C24H24BN7O2/c1-34-25-32-14-12-31(13-15-32)21-8-10-26-16-20(21)30-24(33)19-7-11-28-23(29-19)18-6-2-4-17-5-3-9-27-22(17)18/h2-11,16,25H,12-15H2,1H3,(H,30,33). The lowest BCUT2D eigenvalue weighted by atomic mass is 10.1. The number of para-hydroxylation sites is 1. The van der Waals surface area contributed by atoms with Gasteiger partial charge in [0.1, 0.15) is 5.69 Å². The second-order valence-electron chi connectivity index (χ2n) is 8.02. The molecule has 1 fully saturated rings. The molecule has 0 atom stereocenters. The molecule has 170 valence electrons. The van der Waals surface area contributed by atoms with Crippen LogP contribution in [0.25, 0.3) is 22.3 Å². The van der Waals surface area contributed by atoms with Crippen molar-refractivity contribution in [3.63, 3.8) is 0 Å². The van der Waals surface area contributed by atoms with Crippen LogP contribution in [-0.4, -0.2) is 71.6 Å². The van der Waals surface area contributed by atoms with Crippen molar-refractivity contribution in [3.8, 4) is 11.4 Å². The topological polar surface area (TPSA) is 96.4 Å². The number of fused-ring (bicyclic) bond motifs is 1. The molecule has 34 heavy (non-hydrogen) atoms. The number of carbonyl (C=O) groups is 1. The number of hydrogen-bond acceptors (Lipinski definition) is 8. The highest BCUT2D eigenvalue weighted by molar-refractivity contribution is 6.23. The van der Waals surface area contributed by atoms with Gasteiger partial charge in [0.15, 0.2) is 5.82 Å². The lowest BCUT2D eigenvalue weighted by Crippen LogP contribution is -2.48. The molecule has 0 aliphatic carbocycles. The maximum Gasteiger partial charge on any atom is 0.363 e. The Morgan fingerprint density at radius 3 is 2.71 bits per heavy atom. The molecule has 0 spiro atoms. The van der Waals surface area contributed by atoms with E-state index in [0.717, 1.165) is 48.3 Å². The second kappa shape index (κ2) is 9.94. The Kier molecular flexibility index (Phi) is 6.41. The minimum Gasteiger partial charge on any atom is -0.427 e. The minimum absolute atomic E-state index is 0.276. The first-order valence-corrected chi connectivity index (χ1v) is 11.1. The summed E-state index contributed by atoms with van der Waals surface area (Å²) in [6.45, 7) is 3.44. The van der Waals surface area contributed by atoms with Crippen molar-refractivity contribution >= 4 is 35.8 Å². The number of nitrogens with zero attached hydrogens (tertiary/aromatic N) is 6. The van der Waals surface area contributed by atoms with Crippen LogP contribution in [0.5, 0.6) is 0 Å². The van der Waals surface area contributed by atoms with E-state index in [4.69, 9.17) is 4.65 Å². The average molecular weight is 453 g/mol. The fourth-order valence-corrected chi connectivity index (χ4v) is 4.15. The summed E-state index contributed by atoms with van der Waals surface area (Å²) in [6.07, 6.45) is 6.74. The normalized spacial score (nSPS) is 14.2. The highest BCUT2D eigenvalue weighted by Gasteiger charge is 2.21. The number of aromatic nitrogens is 4. The summed E-state index contributed by atoms with van der Waals surface area (Å²) in [6, 6.07) is 13.2. The van der Waals surface area contributed by atoms with E-state index in [9.17, 15) is 4.79 Å². The Balaban J connectivity index is 1.37. The summed E-state index contributed by atoms with van der Waals surface area (Å²) in [5, 5.41) is 3.98. The highest BCUT2D eigenvalue weighted by atomic mass is 16.4. The Hall–Kier alpha value is -3.89. The van der Waals surface area contributed by atoms with Gasteiger partial charge in [-0.1, -0.05) is 18.2 Å². The van der Waals surface area contributed by atoms with Crippen LogP contribution in [0.4, 0.5) is 11.4 Å². The van der Waals surface area contributed by atoms with E-state index in [2.05, 4.69) is 35.0 Å². The third kappa shape index (κ3) is 4.59. The third-order valence-corrected chi connectivity index (χ3v) is 5.83. The molecule has 1 amide bonds. The molecule has 0 saturated carbocycles. The first kappa shape index (κ1) is 21.9. The molecule has 1 N–H and O–H groups in total. The molecule has 0 unspecified atom stereocenters. The van der Waals surface area contributed by atoms with E-state index < -0.39 is 0 Å². The van der Waals surface area contributed by atoms with E-state index in [1.807, 2.05) is 36.4 Å². The molecular formula is C24H24BN7O2. The molecule has 1 aromatic carbocycles. The predicted octanol–water partition coefficient (Wildman–Crippen LogP) is 2.37. The van der Waals surface area contributed by atoms with Gasteiger partial charge in [0.05, 0.1) is 23.1 Å². The number of nitrogens with one attached hydrogen (secondary N) is 1. The van der Waals surface area contributed by atoms with Crippen LogP contribution in [0.15, 0.2) is 67.3 Å². The SMILES string of the molecule is COBN1CCN(c2ccncc2NC(=O)c2ccnc(-c3cccc4cccnc34)n2)CC1. The van der Waals surface area contributed by atoms with E-state index in [0.29, 0.717) is 19.1 Å². The number of pyridine rings is 2. The quantitative estimate of drug-likeness (QED) is 0.445. The first-order chi connectivity index (χ1) is 16.7. The fraction of sp³-hybridized carbons (Fsp3) is 0.208. The van der Waals surface area contributed by atoms with Gasteiger partial charge in [-0.05, 0) is 24.3 Å². The molecule has 4 aromatic rings. The van der Waals surface area contributed by atoms with Crippen molar-refractivity contribution in [2.45, 2.75) is 0 Å². The van der Waals surface area contributed by atoms with Crippen LogP contribution < -0.4 is 10.2 Å². The summed E-state index contributed by atoms with van der Waals surface area (Å²) < 4.78 is 5.24. The largest absolute Gasteiger partial charge is 0.427 e. The molecule has 9 nitrogen and oxygen atoms in total. The Morgan fingerprint density at radius 2 is 1.85 bits per heavy atom.